The zero-order valence-corrected chi connectivity index (χ0v) is 12.5. The maximum atomic E-state index is 12.6. The van der Waals surface area contributed by atoms with Crippen LogP contribution in [0.2, 0.25) is 0 Å². The van der Waals surface area contributed by atoms with Gasteiger partial charge in [-0.15, -0.1) is 0 Å². The van der Waals surface area contributed by atoms with E-state index in [9.17, 15) is 4.79 Å². The zero-order valence-electron chi connectivity index (χ0n) is 12.5. The van der Waals surface area contributed by atoms with Crippen LogP contribution in [0.4, 0.5) is 0 Å². The van der Waals surface area contributed by atoms with Crippen LogP contribution in [0, 0.1) is 0 Å². The maximum absolute atomic E-state index is 12.6. The number of nitrogens with zero attached hydrogens (tertiary/aromatic N) is 1. The highest BCUT2D eigenvalue weighted by Crippen LogP contribution is 2.27. The first-order valence-corrected chi connectivity index (χ1v) is 7.87. The number of ether oxygens (including phenoxy) is 1. The van der Waals surface area contributed by atoms with Crippen molar-refractivity contribution in [2.45, 2.75) is 83.6 Å². The lowest BCUT2D eigenvalue weighted by Crippen LogP contribution is -2.48. The summed E-state index contributed by atoms with van der Waals surface area (Å²) in [6.07, 6.45) is 6.65. The van der Waals surface area contributed by atoms with Crippen molar-refractivity contribution in [3.63, 3.8) is 0 Å². The Hall–Kier alpha value is -0.610. The fourth-order valence-electron chi connectivity index (χ4n) is 3.37. The molecule has 0 aromatic carbocycles. The van der Waals surface area contributed by atoms with Crippen LogP contribution in [0.3, 0.4) is 0 Å². The summed E-state index contributed by atoms with van der Waals surface area (Å²) in [5, 5.41) is 3.54. The van der Waals surface area contributed by atoms with Crippen molar-refractivity contribution in [3.8, 4) is 0 Å². The summed E-state index contributed by atoms with van der Waals surface area (Å²) in [5.41, 5.74) is 0. The third-order valence-electron chi connectivity index (χ3n) is 4.27. The second-order valence-electron chi connectivity index (χ2n) is 5.92. The molecule has 0 aromatic rings. The lowest BCUT2D eigenvalue weighted by atomic mass is 10.0. The highest BCUT2D eigenvalue weighted by Gasteiger charge is 2.42. The molecular weight excluding hydrogens is 240 g/mol. The van der Waals surface area contributed by atoms with E-state index in [1.807, 2.05) is 0 Å². The normalized spacial score (nSPS) is 35.9. The molecule has 0 saturated carbocycles. The van der Waals surface area contributed by atoms with Gasteiger partial charge in [-0.1, -0.05) is 26.7 Å². The molecule has 4 nitrogen and oxygen atoms in total. The Kier molecular flexibility index (Phi) is 5.22. The van der Waals surface area contributed by atoms with Crippen LogP contribution < -0.4 is 5.32 Å². The lowest BCUT2D eigenvalue weighted by Gasteiger charge is -2.37. The summed E-state index contributed by atoms with van der Waals surface area (Å²) in [7, 11) is 0. The van der Waals surface area contributed by atoms with Crippen LogP contribution in [0.25, 0.3) is 0 Å². The minimum atomic E-state index is 0.0414. The molecule has 2 saturated heterocycles. The largest absolute Gasteiger partial charge is 0.378 e. The first-order valence-electron chi connectivity index (χ1n) is 7.87. The number of nitrogens with one attached hydrogen (secondary N) is 1. The van der Waals surface area contributed by atoms with Gasteiger partial charge < -0.3 is 9.64 Å². The van der Waals surface area contributed by atoms with Crippen molar-refractivity contribution in [1.82, 2.24) is 10.2 Å². The first kappa shape index (κ1) is 14.8. The predicted molar refractivity (Wildman–Crippen MR) is 75.8 cm³/mol. The van der Waals surface area contributed by atoms with Gasteiger partial charge in [0.1, 0.15) is 0 Å². The van der Waals surface area contributed by atoms with Gasteiger partial charge in [0, 0.05) is 12.6 Å². The Morgan fingerprint density at radius 2 is 2.05 bits per heavy atom. The monoisotopic (exact) mass is 268 g/mol. The molecule has 1 amide bonds. The van der Waals surface area contributed by atoms with E-state index in [4.69, 9.17) is 4.74 Å². The zero-order chi connectivity index (χ0) is 13.8. The predicted octanol–water partition coefficient (Wildman–Crippen LogP) is 2.28. The fraction of sp³-hybridized carbons (Fsp3) is 0.933. The second-order valence-corrected chi connectivity index (χ2v) is 5.92. The summed E-state index contributed by atoms with van der Waals surface area (Å²) >= 11 is 0. The Balaban J connectivity index is 2.07. The van der Waals surface area contributed by atoms with Crippen LogP contribution in [0.1, 0.15) is 59.3 Å². The molecule has 1 N–H and O–H groups in total. The molecule has 19 heavy (non-hydrogen) atoms. The Morgan fingerprint density at radius 1 is 1.32 bits per heavy atom. The molecule has 2 aliphatic heterocycles. The molecule has 4 heteroatoms. The summed E-state index contributed by atoms with van der Waals surface area (Å²) in [6, 6.07) is 0.404. The number of carbonyl (C=O) groups excluding carboxylic acids is 1. The molecule has 0 spiro atoms. The Labute approximate surface area is 116 Å². The van der Waals surface area contributed by atoms with Gasteiger partial charge in [-0.05, 0) is 32.6 Å². The van der Waals surface area contributed by atoms with Crippen molar-refractivity contribution in [2.75, 3.05) is 6.61 Å². The van der Waals surface area contributed by atoms with Crippen LogP contribution in [-0.4, -0.2) is 41.8 Å². The van der Waals surface area contributed by atoms with Crippen molar-refractivity contribution in [2.24, 2.45) is 0 Å². The van der Waals surface area contributed by atoms with Gasteiger partial charge in [-0.3, -0.25) is 10.1 Å². The highest BCUT2D eigenvalue weighted by molar-refractivity contribution is 5.84. The molecule has 2 aliphatic rings. The summed E-state index contributed by atoms with van der Waals surface area (Å²) in [4.78, 5) is 14.8. The smallest absolute Gasteiger partial charge is 0.241 e. The lowest BCUT2D eigenvalue weighted by molar-refractivity contribution is -0.135. The molecule has 2 rings (SSSR count). The van der Waals surface area contributed by atoms with Gasteiger partial charge in [0.25, 0.3) is 0 Å². The van der Waals surface area contributed by atoms with Gasteiger partial charge in [-0.25, -0.2) is 0 Å². The average molecular weight is 268 g/mol. The van der Waals surface area contributed by atoms with Gasteiger partial charge in [-0.2, -0.15) is 0 Å². The van der Waals surface area contributed by atoms with E-state index in [0.717, 1.165) is 45.1 Å². The molecule has 2 fully saturated rings. The molecule has 0 bridgehead atoms. The molecule has 0 aliphatic carbocycles. The quantitative estimate of drug-likeness (QED) is 0.831. The van der Waals surface area contributed by atoms with Crippen LogP contribution in [0.5, 0.6) is 0 Å². The van der Waals surface area contributed by atoms with E-state index in [2.05, 4.69) is 31.0 Å². The molecule has 0 aromatic heterocycles. The van der Waals surface area contributed by atoms with Gasteiger partial charge >= 0.3 is 0 Å². The summed E-state index contributed by atoms with van der Waals surface area (Å²) in [5.74, 6) is 0.319. The van der Waals surface area contributed by atoms with Crippen molar-refractivity contribution < 1.29 is 9.53 Å². The number of hydrogen-bond acceptors (Lipinski definition) is 3. The topological polar surface area (TPSA) is 41.6 Å². The van der Waals surface area contributed by atoms with Crippen molar-refractivity contribution in [3.05, 3.63) is 0 Å². The van der Waals surface area contributed by atoms with E-state index >= 15 is 0 Å². The third kappa shape index (κ3) is 3.29. The third-order valence-corrected chi connectivity index (χ3v) is 4.27. The molecule has 4 unspecified atom stereocenters. The van der Waals surface area contributed by atoms with Gasteiger partial charge in [0.05, 0.1) is 18.3 Å². The minimum Gasteiger partial charge on any atom is -0.378 e. The number of hydrogen-bond donors (Lipinski definition) is 1. The second kappa shape index (κ2) is 6.71. The average Bonchev–Trinajstić information content (AvgIpc) is 2.67. The minimum absolute atomic E-state index is 0.0414. The molecule has 0 radical (unpaired) electrons. The molecule has 110 valence electrons. The SMILES string of the molecule is CCCC1NC(CCC)N(C2CCOC(C)C2)C1=O. The first-order chi connectivity index (χ1) is 9.17. The van der Waals surface area contributed by atoms with E-state index in [1.54, 1.807) is 0 Å². The van der Waals surface area contributed by atoms with E-state index in [0.29, 0.717) is 11.9 Å². The number of rotatable bonds is 5. The van der Waals surface area contributed by atoms with Gasteiger partial charge in [0.2, 0.25) is 5.91 Å². The molecule has 4 atom stereocenters. The number of carbonyl (C=O) groups is 1. The van der Waals surface area contributed by atoms with E-state index < -0.39 is 0 Å². The molecule has 2 heterocycles. The number of amides is 1. The Bertz CT molecular complexity index is 309. The highest BCUT2D eigenvalue weighted by atomic mass is 16.5. The van der Waals surface area contributed by atoms with Crippen LogP contribution >= 0.6 is 0 Å². The van der Waals surface area contributed by atoms with Crippen LogP contribution in [0.15, 0.2) is 0 Å². The Morgan fingerprint density at radius 3 is 2.68 bits per heavy atom. The molecular formula is C15H28N2O2. The van der Waals surface area contributed by atoms with Crippen LogP contribution in [-0.2, 0) is 9.53 Å². The summed E-state index contributed by atoms with van der Waals surface area (Å²) in [6.45, 7) is 7.22. The fourth-order valence-corrected chi connectivity index (χ4v) is 3.37. The standard InChI is InChI=1S/C15H28N2O2/c1-4-6-13-15(18)17(14(16-13)7-5-2)12-8-9-19-11(3)10-12/h11-14,16H,4-10H2,1-3H3. The van der Waals surface area contributed by atoms with Gasteiger partial charge in [0.15, 0.2) is 0 Å². The van der Waals surface area contributed by atoms with Crippen molar-refractivity contribution >= 4 is 5.91 Å². The summed E-state index contributed by atoms with van der Waals surface area (Å²) < 4.78 is 5.61. The maximum Gasteiger partial charge on any atom is 0.241 e. The van der Waals surface area contributed by atoms with Crippen molar-refractivity contribution in [1.29, 1.82) is 0 Å². The van der Waals surface area contributed by atoms with E-state index in [-0.39, 0.29) is 18.3 Å². The van der Waals surface area contributed by atoms with E-state index in [1.165, 1.54) is 0 Å².